The number of nitrogens with zero attached hydrogens (tertiary/aromatic N) is 5. The highest BCUT2D eigenvalue weighted by atomic mass is 32.1. The maximum Gasteiger partial charge on any atom is 0.272 e. The molecule has 0 bridgehead atoms. The number of thiazole rings is 1. The molecule has 1 N–H and O–H groups in total. The average Bonchev–Trinajstić information content (AvgIpc) is 3.54. The van der Waals surface area contributed by atoms with Crippen molar-refractivity contribution in [1.82, 2.24) is 29.2 Å². The first-order valence-electron chi connectivity index (χ1n) is 9.80. The van der Waals surface area contributed by atoms with E-state index < -0.39 is 0 Å². The second kappa shape index (κ2) is 8.09. The fourth-order valence-electron chi connectivity index (χ4n) is 3.48. The van der Waals surface area contributed by atoms with Gasteiger partial charge in [0.15, 0.2) is 11.5 Å². The lowest BCUT2D eigenvalue weighted by Crippen LogP contribution is -2.23. The minimum Gasteiger partial charge on any atom is -0.347 e. The van der Waals surface area contributed by atoms with Gasteiger partial charge in [-0.2, -0.15) is 11.3 Å². The SMILES string of the molecule is Cc1nc(Cn2cc(-c3nc(C(=O)NCc4ccsc4)c4ccccn34)nc2C)cs1. The number of aryl methyl sites for hydroxylation is 2. The fraction of sp³-hybridized carbons (Fsp3) is 0.182. The van der Waals surface area contributed by atoms with E-state index in [1.54, 1.807) is 22.7 Å². The van der Waals surface area contributed by atoms with Gasteiger partial charge in [0.25, 0.3) is 5.91 Å². The molecule has 0 saturated heterocycles. The minimum absolute atomic E-state index is 0.199. The monoisotopic (exact) mass is 448 g/mol. The number of imidazole rings is 2. The van der Waals surface area contributed by atoms with Crippen LogP contribution in [0, 0.1) is 13.8 Å². The molecule has 156 valence electrons. The van der Waals surface area contributed by atoms with Crippen LogP contribution in [0.3, 0.4) is 0 Å². The van der Waals surface area contributed by atoms with Gasteiger partial charge in [-0.1, -0.05) is 6.07 Å². The molecule has 5 aromatic rings. The van der Waals surface area contributed by atoms with Crippen molar-refractivity contribution in [1.29, 1.82) is 0 Å². The first-order valence-corrected chi connectivity index (χ1v) is 11.6. The molecular formula is C22H20N6OS2. The number of pyridine rings is 1. The Morgan fingerprint density at radius 1 is 1.13 bits per heavy atom. The molecule has 0 aliphatic heterocycles. The quantitative estimate of drug-likeness (QED) is 0.420. The molecule has 0 aromatic carbocycles. The smallest absolute Gasteiger partial charge is 0.272 e. The maximum atomic E-state index is 12.9. The number of nitrogens with one attached hydrogen (secondary N) is 1. The summed E-state index contributed by atoms with van der Waals surface area (Å²) in [6.45, 7) is 5.10. The van der Waals surface area contributed by atoms with Crippen LogP contribution in [0.1, 0.15) is 32.6 Å². The van der Waals surface area contributed by atoms with Crippen molar-refractivity contribution in [3.8, 4) is 11.5 Å². The van der Waals surface area contributed by atoms with Crippen LogP contribution in [0.15, 0.2) is 52.8 Å². The number of rotatable bonds is 6. The van der Waals surface area contributed by atoms with Crippen molar-refractivity contribution in [3.05, 3.63) is 80.6 Å². The average molecular weight is 449 g/mol. The zero-order valence-electron chi connectivity index (χ0n) is 17.1. The lowest BCUT2D eigenvalue weighted by atomic mass is 10.3. The van der Waals surface area contributed by atoms with Crippen LogP contribution < -0.4 is 5.32 Å². The van der Waals surface area contributed by atoms with Crippen LogP contribution >= 0.6 is 22.7 Å². The zero-order valence-corrected chi connectivity index (χ0v) is 18.7. The van der Waals surface area contributed by atoms with E-state index in [1.165, 1.54) is 0 Å². The van der Waals surface area contributed by atoms with Crippen LogP contribution in [-0.4, -0.2) is 29.8 Å². The molecule has 0 fully saturated rings. The van der Waals surface area contributed by atoms with Crippen LogP contribution in [0.25, 0.3) is 17.0 Å². The molecule has 5 aromatic heterocycles. The van der Waals surface area contributed by atoms with E-state index in [-0.39, 0.29) is 5.91 Å². The van der Waals surface area contributed by atoms with Crippen molar-refractivity contribution in [2.75, 3.05) is 0 Å². The number of fused-ring (bicyclic) bond motifs is 1. The van der Waals surface area contributed by atoms with Crippen LogP contribution in [0.2, 0.25) is 0 Å². The predicted octanol–water partition coefficient (Wildman–Crippen LogP) is 4.31. The van der Waals surface area contributed by atoms with E-state index in [0.29, 0.717) is 24.6 Å². The fourth-order valence-corrected chi connectivity index (χ4v) is 4.75. The number of carbonyl (C=O) groups excluding carboxylic acids is 1. The number of thiophene rings is 1. The molecular weight excluding hydrogens is 428 g/mol. The lowest BCUT2D eigenvalue weighted by molar-refractivity contribution is 0.0948. The Bertz CT molecular complexity index is 1360. The molecule has 5 heterocycles. The van der Waals surface area contributed by atoms with E-state index >= 15 is 0 Å². The summed E-state index contributed by atoms with van der Waals surface area (Å²) < 4.78 is 3.97. The summed E-state index contributed by atoms with van der Waals surface area (Å²) in [7, 11) is 0. The highest BCUT2D eigenvalue weighted by molar-refractivity contribution is 7.09. The third-order valence-corrected chi connectivity index (χ3v) is 6.56. The molecule has 0 spiro atoms. The van der Waals surface area contributed by atoms with E-state index in [1.807, 2.05) is 65.7 Å². The zero-order chi connectivity index (χ0) is 21.4. The summed E-state index contributed by atoms with van der Waals surface area (Å²) >= 11 is 3.25. The highest BCUT2D eigenvalue weighted by Gasteiger charge is 2.20. The van der Waals surface area contributed by atoms with Gasteiger partial charge < -0.3 is 9.88 Å². The molecule has 0 aliphatic rings. The van der Waals surface area contributed by atoms with Crippen LogP contribution in [0.5, 0.6) is 0 Å². The normalized spacial score (nSPS) is 11.3. The van der Waals surface area contributed by atoms with E-state index in [4.69, 9.17) is 4.98 Å². The van der Waals surface area contributed by atoms with Gasteiger partial charge in [-0.15, -0.1) is 11.3 Å². The second-order valence-corrected chi connectivity index (χ2v) is 9.06. The Balaban J connectivity index is 1.48. The summed E-state index contributed by atoms with van der Waals surface area (Å²) in [5, 5.41) is 10.1. The number of aromatic nitrogens is 5. The molecule has 9 heteroatoms. The second-order valence-electron chi connectivity index (χ2n) is 7.21. The van der Waals surface area contributed by atoms with Crippen molar-refractivity contribution in [2.24, 2.45) is 0 Å². The van der Waals surface area contributed by atoms with E-state index in [9.17, 15) is 4.79 Å². The van der Waals surface area contributed by atoms with Crippen LogP contribution in [0.4, 0.5) is 0 Å². The summed E-state index contributed by atoms with van der Waals surface area (Å²) in [5.41, 5.74) is 3.96. The number of hydrogen-bond donors (Lipinski definition) is 1. The summed E-state index contributed by atoms with van der Waals surface area (Å²) in [4.78, 5) is 26.8. The van der Waals surface area contributed by atoms with E-state index in [2.05, 4.69) is 25.2 Å². The Morgan fingerprint density at radius 2 is 2.03 bits per heavy atom. The van der Waals surface area contributed by atoms with Crippen molar-refractivity contribution in [3.63, 3.8) is 0 Å². The molecule has 0 atom stereocenters. The van der Waals surface area contributed by atoms with Gasteiger partial charge in [-0.25, -0.2) is 15.0 Å². The van der Waals surface area contributed by atoms with Gasteiger partial charge in [0, 0.05) is 24.3 Å². The maximum absolute atomic E-state index is 12.9. The largest absolute Gasteiger partial charge is 0.347 e. The number of carbonyl (C=O) groups is 1. The Labute approximate surface area is 187 Å². The van der Waals surface area contributed by atoms with Crippen molar-refractivity contribution < 1.29 is 4.79 Å². The van der Waals surface area contributed by atoms with Crippen molar-refractivity contribution in [2.45, 2.75) is 26.9 Å². The number of hydrogen-bond acceptors (Lipinski definition) is 6. The molecule has 0 unspecified atom stereocenters. The molecule has 5 rings (SSSR count). The van der Waals surface area contributed by atoms with Crippen molar-refractivity contribution >= 4 is 34.1 Å². The summed E-state index contributed by atoms with van der Waals surface area (Å²) in [6, 6.07) is 7.73. The molecule has 7 nitrogen and oxygen atoms in total. The Hall–Kier alpha value is -3.30. The minimum atomic E-state index is -0.199. The topological polar surface area (TPSA) is 77.1 Å². The first-order chi connectivity index (χ1) is 15.1. The van der Waals surface area contributed by atoms with Gasteiger partial charge in [0.05, 0.1) is 22.8 Å². The summed E-state index contributed by atoms with van der Waals surface area (Å²) in [6.07, 6.45) is 3.88. The first kappa shape index (κ1) is 19.7. The molecule has 0 aliphatic carbocycles. The Kier molecular flexibility index (Phi) is 5.13. The summed E-state index contributed by atoms with van der Waals surface area (Å²) in [5.74, 6) is 1.32. The number of amides is 1. The molecule has 0 radical (unpaired) electrons. The molecule has 31 heavy (non-hydrogen) atoms. The van der Waals surface area contributed by atoms with Gasteiger partial charge in [-0.05, 0) is 48.4 Å². The third kappa shape index (κ3) is 3.89. The molecule has 1 amide bonds. The Morgan fingerprint density at radius 3 is 2.81 bits per heavy atom. The van der Waals surface area contributed by atoms with Crippen LogP contribution in [-0.2, 0) is 13.1 Å². The third-order valence-electron chi connectivity index (χ3n) is 5.00. The van der Waals surface area contributed by atoms with Gasteiger partial charge >= 0.3 is 0 Å². The lowest BCUT2D eigenvalue weighted by Gasteiger charge is -2.01. The van der Waals surface area contributed by atoms with E-state index in [0.717, 1.165) is 33.3 Å². The highest BCUT2D eigenvalue weighted by Crippen LogP contribution is 2.23. The van der Waals surface area contributed by atoms with Gasteiger partial charge in [0.1, 0.15) is 11.5 Å². The van der Waals surface area contributed by atoms with Gasteiger partial charge in [0.2, 0.25) is 0 Å². The predicted molar refractivity (Wildman–Crippen MR) is 123 cm³/mol. The standard InChI is InChI=1S/C22H20N6OS2/c1-14-24-18(11-27(14)10-17-13-31-15(2)25-17)21-26-20(19-5-3-4-7-28(19)21)22(29)23-9-16-6-8-30-12-16/h3-8,11-13H,9-10H2,1-2H3,(H,23,29). The molecule has 0 saturated carbocycles. The van der Waals surface area contributed by atoms with Gasteiger partial charge in [-0.3, -0.25) is 9.20 Å².